The van der Waals surface area contributed by atoms with E-state index in [0.29, 0.717) is 13.1 Å². The van der Waals surface area contributed by atoms with Gasteiger partial charge in [0.05, 0.1) is 23.8 Å². The molecule has 1 saturated heterocycles. The standard InChI is InChI=1S/C15H19F2NO3/c1-9(18-7-13(20-2)14(8-18)21-3)15(19)11-5-4-10(16)6-12(11)17/h4-6,9,13-14H,7-8H2,1-3H3. The third-order valence-corrected chi connectivity index (χ3v) is 3.97. The smallest absolute Gasteiger partial charge is 0.182 e. The lowest BCUT2D eigenvalue weighted by atomic mass is 10.0. The van der Waals surface area contributed by atoms with Gasteiger partial charge in [0.1, 0.15) is 11.6 Å². The Morgan fingerprint density at radius 2 is 1.81 bits per heavy atom. The fraction of sp³-hybridized carbons (Fsp3) is 0.533. The van der Waals surface area contributed by atoms with Gasteiger partial charge in [0.25, 0.3) is 0 Å². The van der Waals surface area contributed by atoms with Crippen LogP contribution >= 0.6 is 0 Å². The molecule has 0 bridgehead atoms. The number of ether oxygens (including phenoxy) is 2. The molecular weight excluding hydrogens is 280 g/mol. The van der Waals surface area contributed by atoms with Gasteiger partial charge < -0.3 is 9.47 Å². The molecule has 4 nitrogen and oxygen atoms in total. The van der Waals surface area contributed by atoms with Gasteiger partial charge in [0.15, 0.2) is 5.78 Å². The number of likely N-dealkylation sites (tertiary alicyclic amines) is 1. The van der Waals surface area contributed by atoms with Crippen LogP contribution < -0.4 is 0 Å². The van der Waals surface area contributed by atoms with E-state index < -0.39 is 17.7 Å². The number of hydrogen-bond donors (Lipinski definition) is 0. The first kappa shape index (κ1) is 16.0. The summed E-state index contributed by atoms with van der Waals surface area (Å²) in [4.78, 5) is 14.3. The predicted molar refractivity (Wildman–Crippen MR) is 73.3 cm³/mol. The van der Waals surface area contributed by atoms with Crippen molar-refractivity contribution >= 4 is 5.78 Å². The molecular formula is C15H19F2NO3. The van der Waals surface area contributed by atoms with Crippen molar-refractivity contribution in [3.8, 4) is 0 Å². The molecule has 1 aliphatic rings. The average Bonchev–Trinajstić information content (AvgIpc) is 2.89. The third-order valence-electron chi connectivity index (χ3n) is 3.97. The predicted octanol–water partition coefficient (Wildman–Crippen LogP) is 1.88. The largest absolute Gasteiger partial charge is 0.377 e. The maximum absolute atomic E-state index is 13.7. The Kier molecular flexibility index (Phi) is 5.03. The van der Waals surface area contributed by atoms with Gasteiger partial charge in [-0.2, -0.15) is 0 Å². The number of benzene rings is 1. The zero-order valence-electron chi connectivity index (χ0n) is 12.3. The Morgan fingerprint density at radius 1 is 1.24 bits per heavy atom. The van der Waals surface area contributed by atoms with Crippen LogP contribution in [0.2, 0.25) is 0 Å². The second-order valence-electron chi connectivity index (χ2n) is 5.17. The molecule has 6 heteroatoms. The summed E-state index contributed by atoms with van der Waals surface area (Å²) in [6.07, 6.45) is -0.244. The summed E-state index contributed by atoms with van der Waals surface area (Å²) >= 11 is 0. The number of halogens is 2. The summed E-state index contributed by atoms with van der Waals surface area (Å²) < 4.78 is 37.3. The molecule has 1 heterocycles. The summed E-state index contributed by atoms with van der Waals surface area (Å²) in [7, 11) is 3.18. The Hall–Kier alpha value is -1.37. The van der Waals surface area contributed by atoms with Crippen LogP contribution in [0.25, 0.3) is 0 Å². The molecule has 21 heavy (non-hydrogen) atoms. The summed E-state index contributed by atoms with van der Waals surface area (Å²) in [5.74, 6) is -1.91. The normalized spacial score (nSPS) is 24.2. The first-order chi connectivity index (χ1) is 9.97. The van der Waals surface area contributed by atoms with Gasteiger partial charge in [-0.3, -0.25) is 9.69 Å². The minimum atomic E-state index is -0.836. The SMILES string of the molecule is COC1CN(C(C)C(=O)c2ccc(F)cc2F)CC1OC. The van der Waals surface area contributed by atoms with Crippen molar-refractivity contribution < 1.29 is 23.0 Å². The molecule has 0 N–H and O–H groups in total. The molecule has 1 fully saturated rings. The molecule has 0 radical (unpaired) electrons. The van der Waals surface area contributed by atoms with Crippen LogP contribution in [0.5, 0.6) is 0 Å². The van der Waals surface area contributed by atoms with E-state index in [1.807, 2.05) is 4.90 Å². The van der Waals surface area contributed by atoms with E-state index in [4.69, 9.17) is 9.47 Å². The molecule has 0 aliphatic carbocycles. The van der Waals surface area contributed by atoms with Gasteiger partial charge in [0, 0.05) is 33.4 Å². The second-order valence-corrected chi connectivity index (χ2v) is 5.17. The minimum absolute atomic E-state index is 0.0984. The van der Waals surface area contributed by atoms with Crippen molar-refractivity contribution in [3.05, 3.63) is 35.4 Å². The number of rotatable bonds is 5. The van der Waals surface area contributed by atoms with Crippen molar-refractivity contribution in [2.45, 2.75) is 25.2 Å². The molecule has 0 spiro atoms. The lowest BCUT2D eigenvalue weighted by Crippen LogP contribution is -2.38. The fourth-order valence-corrected chi connectivity index (χ4v) is 2.62. The third kappa shape index (κ3) is 3.28. The van der Waals surface area contributed by atoms with Crippen LogP contribution in [0.1, 0.15) is 17.3 Å². The monoisotopic (exact) mass is 299 g/mol. The first-order valence-electron chi connectivity index (χ1n) is 6.76. The van der Waals surface area contributed by atoms with E-state index in [0.717, 1.165) is 12.1 Å². The molecule has 0 aromatic heterocycles. The molecule has 0 saturated carbocycles. The molecule has 1 aliphatic heterocycles. The quantitative estimate of drug-likeness (QED) is 0.778. The number of ketones is 1. The zero-order valence-corrected chi connectivity index (χ0v) is 12.3. The van der Waals surface area contributed by atoms with E-state index in [-0.39, 0.29) is 23.6 Å². The van der Waals surface area contributed by atoms with Crippen molar-refractivity contribution in [3.63, 3.8) is 0 Å². The summed E-state index contributed by atoms with van der Waals surface area (Å²) in [5, 5.41) is 0. The van der Waals surface area contributed by atoms with Gasteiger partial charge in [0.2, 0.25) is 0 Å². The number of hydrogen-bond acceptors (Lipinski definition) is 4. The van der Waals surface area contributed by atoms with Crippen LogP contribution in [0.4, 0.5) is 8.78 Å². The molecule has 1 aromatic rings. The molecule has 3 atom stereocenters. The fourth-order valence-electron chi connectivity index (χ4n) is 2.62. The van der Waals surface area contributed by atoms with Crippen LogP contribution in [0.3, 0.4) is 0 Å². The Bertz CT molecular complexity index is 512. The Morgan fingerprint density at radius 3 is 2.29 bits per heavy atom. The number of methoxy groups -OCH3 is 2. The highest BCUT2D eigenvalue weighted by Gasteiger charge is 2.37. The molecule has 2 rings (SSSR count). The summed E-state index contributed by atoms with van der Waals surface area (Å²) in [5.41, 5.74) is -0.0984. The lowest BCUT2D eigenvalue weighted by molar-refractivity contribution is -0.00461. The van der Waals surface area contributed by atoms with Crippen LogP contribution in [0.15, 0.2) is 18.2 Å². The Labute approximate surface area is 122 Å². The number of Topliss-reactive ketones (excluding diaryl/α,β-unsaturated/α-hetero) is 1. The van der Waals surface area contributed by atoms with Gasteiger partial charge in [-0.1, -0.05) is 0 Å². The molecule has 0 amide bonds. The molecule has 3 unspecified atom stereocenters. The zero-order chi connectivity index (χ0) is 15.6. The highest BCUT2D eigenvalue weighted by Crippen LogP contribution is 2.21. The maximum atomic E-state index is 13.7. The van der Waals surface area contributed by atoms with Crippen molar-refractivity contribution in [1.29, 1.82) is 0 Å². The molecule has 1 aromatic carbocycles. The van der Waals surface area contributed by atoms with E-state index in [1.54, 1.807) is 21.1 Å². The second kappa shape index (κ2) is 6.60. The van der Waals surface area contributed by atoms with E-state index in [2.05, 4.69) is 0 Å². The van der Waals surface area contributed by atoms with Crippen molar-refractivity contribution in [2.24, 2.45) is 0 Å². The molecule has 116 valence electrons. The van der Waals surface area contributed by atoms with E-state index in [1.165, 1.54) is 6.07 Å². The summed E-state index contributed by atoms with van der Waals surface area (Å²) in [6, 6.07) is 2.46. The van der Waals surface area contributed by atoms with Crippen molar-refractivity contribution in [2.75, 3.05) is 27.3 Å². The van der Waals surface area contributed by atoms with Gasteiger partial charge >= 0.3 is 0 Å². The van der Waals surface area contributed by atoms with Crippen molar-refractivity contribution in [1.82, 2.24) is 4.90 Å². The van der Waals surface area contributed by atoms with Crippen LogP contribution in [0, 0.1) is 11.6 Å². The topological polar surface area (TPSA) is 38.8 Å². The highest BCUT2D eigenvalue weighted by molar-refractivity contribution is 6.00. The van der Waals surface area contributed by atoms with Crippen LogP contribution in [-0.4, -0.2) is 56.2 Å². The minimum Gasteiger partial charge on any atom is -0.377 e. The van der Waals surface area contributed by atoms with E-state index in [9.17, 15) is 13.6 Å². The highest BCUT2D eigenvalue weighted by atomic mass is 19.1. The van der Waals surface area contributed by atoms with E-state index >= 15 is 0 Å². The van der Waals surface area contributed by atoms with Gasteiger partial charge in [-0.25, -0.2) is 8.78 Å². The van der Waals surface area contributed by atoms with Crippen LogP contribution in [-0.2, 0) is 9.47 Å². The number of nitrogens with zero attached hydrogens (tertiary/aromatic N) is 1. The number of carbonyl (C=O) groups excluding carboxylic acids is 1. The van der Waals surface area contributed by atoms with Gasteiger partial charge in [-0.15, -0.1) is 0 Å². The number of carbonyl (C=O) groups is 1. The summed E-state index contributed by atoms with van der Waals surface area (Å²) in [6.45, 7) is 2.77. The first-order valence-corrected chi connectivity index (χ1v) is 6.76. The lowest BCUT2D eigenvalue weighted by Gasteiger charge is -2.23. The maximum Gasteiger partial charge on any atom is 0.182 e. The average molecular weight is 299 g/mol. The Balaban J connectivity index is 2.13. The van der Waals surface area contributed by atoms with Gasteiger partial charge in [-0.05, 0) is 19.1 Å².